The van der Waals surface area contributed by atoms with Crippen molar-refractivity contribution in [3.8, 4) is 0 Å². The zero-order valence-corrected chi connectivity index (χ0v) is 13.1. The summed E-state index contributed by atoms with van der Waals surface area (Å²) in [7, 11) is 0. The molecule has 0 aliphatic carbocycles. The standard InChI is InChI=1S/C16H23N3O3/c1-3-22-16(21)19(15-8-10-17-11-9-15)14-6-4-13(5-7-14)18-12(2)20/h4-7,15,17H,3,8-11H2,1-2H3,(H,18,20). The van der Waals surface area contributed by atoms with Crippen LogP contribution in [0.3, 0.4) is 0 Å². The van der Waals surface area contributed by atoms with Gasteiger partial charge in [-0.25, -0.2) is 4.79 Å². The lowest BCUT2D eigenvalue weighted by Gasteiger charge is -2.33. The van der Waals surface area contributed by atoms with Gasteiger partial charge in [0.25, 0.3) is 0 Å². The smallest absolute Gasteiger partial charge is 0.414 e. The Morgan fingerprint density at radius 2 is 1.91 bits per heavy atom. The highest BCUT2D eigenvalue weighted by Crippen LogP contribution is 2.24. The number of rotatable bonds is 4. The minimum Gasteiger partial charge on any atom is -0.449 e. The SMILES string of the molecule is CCOC(=O)N(c1ccc(NC(C)=O)cc1)C1CCNCC1. The molecule has 0 aromatic heterocycles. The summed E-state index contributed by atoms with van der Waals surface area (Å²) in [6, 6.07) is 7.40. The number of piperidine rings is 1. The summed E-state index contributed by atoms with van der Waals surface area (Å²) in [6.45, 7) is 5.41. The third kappa shape index (κ3) is 4.21. The van der Waals surface area contributed by atoms with Crippen molar-refractivity contribution in [2.75, 3.05) is 29.9 Å². The van der Waals surface area contributed by atoms with Crippen molar-refractivity contribution < 1.29 is 14.3 Å². The molecule has 2 rings (SSSR count). The number of nitrogens with zero attached hydrogens (tertiary/aromatic N) is 1. The Kier molecular flexibility index (Phi) is 5.77. The Balaban J connectivity index is 2.19. The van der Waals surface area contributed by atoms with Gasteiger partial charge in [-0.15, -0.1) is 0 Å². The largest absolute Gasteiger partial charge is 0.449 e. The van der Waals surface area contributed by atoms with Crippen molar-refractivity contribution in [3.05, 3.63) is 24.3 Å². The Hall–Kier alpha value is -2.08. The molecule has 1 aromatic carbocycles. The second kappa shape index (κ2) is 7.79. The number of anilines is 2. The van der Waals surface area contributed by atoms with Crippen LogP contribution >= 0.6 is 0 Å². The van der Waals surface area contributed by atoms with Crippen molar-refractivity contribution in [2.45, 2.75) is 32.7 Å². The zero-order valence-electron chi connectivity index (χ0n) is 13.1. The molecule has 22 heavy (non-hydrogen) atoms. The minimum absolute atomic E-state index is 0.117. The van der Waals surface area contributed by atoms with Gasteiger partial charge < -0.3 is 15.4 Å². The molecule has 6 heteroatoms. The number of carbonyl (C=O) groups excluding carboxylic acids is 2. The zero-order chi connectivity index (χ0) is 15.9. The molecule has 0 unspecified atom stereocenters. The number of nitrogens with one attached hydrogen (secondary N) is 2. The summed E-state index contributed by atoms with van der Waals surface area (Å²) >= 11 is 0. The van der Waals surface area contributed by atoms with Crippen LogP contribution in [0.25, 0.3) is 0 Å². The lowest BCUT2D eigenvalue weighted by molar-refractivity contribution is -0.114. The predicted octanol–water partition coefficient (Wildman–Crippen LogP) is 2.36. The lowest BCUT2D eigenvalue weighted by atomic mass is 10.0. The van der Waals surface area contributed by atoms with Crippen molar-refractivity contribution in [2.24, 2.45) is 0 Å². The molecule has 0 bridgehead atoms. The van der Waals surface area contributed by atoms with E-state index in [2.05, 4.69) is 10.6 Å². The molecule has 1 aromatic rings. The van der Waals surface area contributed by atoms with Crippen molar-refractivity contribution in [3.63, 3.8) is 0 Å². The van der Waals surface area contributed by atoms with Crippen molar-refractivity contribution in [1.82, 2.24) is 5.32 Å². The predicted molar refractivity (Wildman–Crippen MR) is 86.1 cm³/mol. The van der Waals surface area contributed by atoms with Crippen LogP contribution in [-0.4, -0.2) is 37.7 Å². The first-order valence-corrected chi connectivity index (χ1v) is 7.66. The summed E-state index contributed by atoms with van der Waals surface area (Å²) in [6.07, 6.45) is 1.47. The minimum atomic E-state index is -0.318. The van der Waals surface area contributed by atoms with E-state index in [0.29, 0.717) is 12.3 Å². The van der Waals surface area contributed by atoms with Crippen LogP contribution in [0.2, 0.25) is 0 Å². The van der Waals surface area contributed by atoms with Gasteiger partial charge in [-0.1, -0.05) is 0 Å². The molecule has 1 aliphatic rings. The number of benzene rings is 1. The van der Waals surface area contributed by atoms with E-state index in [4.69, 9.17) is 4.74 Å². The topological polar surface area (TPSA) is 70.7 Å². The van der Waals surface area contributed by atoms with Crippen molar-refractivity contribution >= 4 is 23.4 Å². The van der Waals surface area contributed by atoms with E-state index in [1.54, 1.807) is 24.0 Å². The molecular formula is C16H23N3O3. The van der Waals surface area contributed by atoms with Crippen LogP contribution in [0.1, 0.15) is 26.7 Å². The van der Waals surface area contributed by atoms with Gasteiger partial charge in [0, 0.05) is 24.3 Å². The molecule has 2 N–H and O–H groups in total. The van der Waals surface area contributed by atoms with Gasteiger partial charge in [0.05, 0.1) is 6.61 Å². The van der Waals surface area contributed by atoms with E-state index in [9.17, 15) is 9.59 Å². The Morgan fingerprint density at radius 3 is 2.45 bits per heavy atom. The fourth-order valence-electron chi connectivity index (χ4n) is 2.63. The Morgan fingerprint density at radius 1 is 1.27 bits per heavy atom. The van der Waals surface area contributed by atoms with Gasteiger partial charge in [-0.2, -0.15) is 0 Å². The average molecular weight is 305 g/mol. The van der Waals surface area contributed by atoms with Crippen LogP contribution in [0, 0.1) is 0 Å². The number of amides is 2. The number of carbonyl (C=O) groups is 2. The number of hydrogen-bond acceptors (Lipinski definition) is 4. The second-order valence-corrected chi connectivity index (χ2v) is 5.28. The van der Waals surface area contributed by atoms with Crippen LogP contribution in [0.15, 0.2) is 24.3 Å². The Bertz CT molecular complexity index is 510. The van der Waals surface area contributed by atoms with Crippen LogP contribution in [-0.2, 0) is 9.53 Å². The van der Waals surface area contributed by atoms with E-state index >= 15 is 0 Å². The lowest BCUT2D eigenvalue weighted by Crippen LogP contribution is -2.46. The first-order chi connectivity index (χ1) is 10.6. The fourth-order valence-corrected chi connectivity index (χ4v) is 2.63. The van der Waals surface area contributed by atoms with Crippen LogP contribution in [0.4, 0.5) is 16.2 Å². The van der Waals surface area contributed by atoms with Crippen LogP contribution in [0.5, 0.6) is 0 Å². The first kappa shape index (κ1) is 16.3. The molecule has 0 radical (unpaired) electrons. The van der Waals surface area contributed by atoms with Gasteiger partial charge in [-0.05, 0) is 57.1 Å². The van der Waals surface area contributed by atoms with E-state index in [0.717, 1.165) is 31.6 Å². The summed E-state index contributed by atoms with van der Waals surface area (Å²) < 4.78 is 5.20. The molecule has 1 heterocycles. The fraction of sp³-hybridized carbons (Fsp3) is 0.500. The maximum absolute atomic E-state index is 12.3. The summed E-state index contributed by atoms with van der Waals surface area (Å²) in [5.74, 6) is -0.117. The summed E-state index contributed by atoms with van der Waals surface area (Å²) in [5.41, 5.74) is 1.50. The van der Waals surface area contributed by atoms with Crippen LogP contribution < -0.4 is 15.5 Å². The molecule has 1 fully saturated rings. The highest BCUT2D eigenvalue weighted by Gasteiger charge is 2.27. The Labute approximate surface area is 130 Å². The summed E-state index contributed by atoms with van der Waals surface area (Å²) in [5, 5.41) is 6.02. The molecule has 120 valence electrons. The van der Waals surface area contributed by atoms with E-state index in [1.807, 2.05) is 12.1 Å². The van der Waals surface area contributed by atoms with Gasteiger partial charge in [0.1, 0.15) is 0 Å². The van der Waals surface area contributed by atoms with Crippen molar-refractivity contribution in [1.29, 1.82) is 0 Å². The first-order valence-electron chi connectivity index (χ1n) is 7.66. The number of hydrogen-bond donors (Lipinski definition) is 2. The van der Waals surface area contributed by atoms with E-state index in [1.165, 1.54) is 6.92 Å². The van der Waals surface area contributed by atoms with Gasteiger partial charge >= 0.3 is 6.09 Å². The quantitative estimate of drug-likeness (QED) is 0.896. The molecule has 0 saturated carbocycles. The number of ether oxygens (including phenoxy) is 1. The molecule has 6 nitrogen and oxygen atoms in total. The molecule has 1 aliphatic heterocycles. The maximum atomic E-state index is 12.3. The second-order valence-electron chi connectivity index (χ2n) is 5.28. The van der Waals surface area contributed by atoms with E-state index in [-0.39, 0.29) is 18.0 Å². The van der Waals surface area contributed by atoms with Gasteiger partial charge in [0.15, 0.2) is 0 Å². The molecule has 2 amide bonds. The highest BCUT2D eigenvalue weighted by atomic mass is 16.6. The summed E-state index contributed by atoms with van der Waals surface area (Å²) in [4.78, 5) is 25.1. The van der Waals surface area contributed by atoms with Gasteiger partial charge in [-0.3, -0.25) is 9.69 Å². The molecule has 0 atom stereocenters. The molecule has 1 saturated heterocycles. The van der Waals surface area contributed by atoms with E-state index < -0.39 is 0 Å². The monoisotopic (exact) mass is 305 g/mol. The average Bonchev–Trinajstić information content (AvgIpc) is 2.50. The maximum Gasteiger partial charge on any atom is 0.414 e. The highest BCUT2D eigenvalue weighted by molar-refractivity contribution is 5.91. The molecule has 0 spiro atoms. The van der Waals surface area contributed by atoms with Gasteiger partial charge in [0.2, 0.25) is 5.91 Å². The third-order valence-electron chi connectivity index (χ3n) is 3.60. The third-order valence-corrected chi connectivity index (χ3v) is 3.60. The normalized spacial score (nSPS) is 15.2. The molecular weight excluding hydrogens is 282 g/mol.